The minimum absolute atomic E-state index is 0.0999. The number of carbonyl (C=O) groups is 1. The molecule has 31 heavy (non-hydrogen) atoms. The highest BCUT2D eigenvalue weighted by Crippen LogP contribution is 2.22. The van der Waals surface area contributed by atoms with Crippen molar-refractivity contribution in [1.82, 2.24) is 20.0 Å². The molecule has 0 aliphatic rings. The molecule has 4 rings (SSSR count). The number of benzene rings is 2. The monoisotopic (exact) mass is 414 g/mol. The van der Waals surface area contributed by atoms with E-state index in [9.17, 15) is 9.59 Å². The van der Waals surface area contributed by atoms with Crippen LogP contribution in [0.4, 0.5) is 0 Å². The Bertz CT molecular complexity index is 1270. The van der Waals surface area contributed by atoms with Crippen LogP contribution in [0.15, 0.2) is 76.2 Å². The topological polar surface area (TPSA) is 90.0 Å². The summed E-state index contributed by atoms with van der Waals surface area (Å²) in [5.41, 5.74) is 3.88. The fraction of sp³-hybridized carbons (Fsp3) is 0.167. The van der Waals surface area contributed by atoms with E-state index in [1.807, 2.05) is 62.4 Å². The molecule has 0 aliphatic carbocycles. The van der Waals surface area contributed by atoms with E-state index in [0.29, 0.717) is 12.4 Å². The quantitative estimate of drug-likeness (QED) is 0.522. The minimum atomic E-state index is -0.368. The zero-order valence-corrected chi connectivity index (χ0v) is 17.3. The van der Waals surface area contributed by atoms with Gasteiger partial charge in [0.25, 0.3) is 11.4 Å². The number of rotatable bonds is 6. The van der Waals surface area contributed by atoms with Gasteiger partial charge in [-0.25, -0.2) is 0 Å². The first-order valence-electron chi connectivity index (χ1n) is 9.93. The van der Waals surface area contributed by atoms with Crippen LogP contribution in [0.25, 0.3) is 22.8 Å². The standard InChI is InChI=1S/C24H22N4O3/c1-16-9-11-18(12-10-16)14-25-21(29)15-28-13-5-8-20(24(28)30)23-26-22(27-31-23)19-7-4-3-6-17(19)2/h3-13H,14-15H2,1-2H3,(H,25,29). The molecule has 2 aromatic heterocycles. The lowest BCUT2D eigenvalue weighted by Gasteiger charge is -2.08. The third-order valence-corrected chi connectivity index (χ3v) is 4.99. The zero-order valence-electron chi connectivity index (χ0n) is 17.3. The first kappa shape index (κ1) is 20.3. The van der Waals surface area contributed by atoms with Gasteiger partial charge in [-0.3, -0.25) is 9.59 Å². The molecular formula is C24H22N4O3. The molecule has 156 valence electrons. The number of carbonyl (C=O) groups excluding carboxylic acids is 1. The van der Waals surface area contributed by atoms with Gasteiger partial charge in [0, 0.05) is 18.3 Å². The Labute approximate surface area is 179 Å². The van der Waals surface area contributed by atoms with Gasteiger partial charge in [0.05, 0.1) is 0 Å². The van der Waals surface area contributed by atoms with Gasteiger partial charge in [0.15, 0.2) is 0 Å². The molecule has 0 saturated heterocycles. The second kappa shape index (κ2) is 8.79. The third kappa shape index (κ3) is 4.61. The number of amides is 1. The van der Waals surface area contributed by atoms with Crippen LogP contribution in [0.5, 0.6) is 0 Å². The molecule has 4 aromatic rings. The predicted molar refractivity (Wildman–Crippen MR) is 117 cm³/mol. The molecule has 0 aliphatic heterocycles. The van der Waals surface area contributed by atoms with Crippen molar-refractivity contribution in [3.8, 4) is 22.8 Å². The van der Waals surface area contributed by atoms with Crippen LogP contribution in [-0.4, -0.2) is 20.6 Å². The van der Waals surface area contributed by atoms with E-state index in [0.717, 1.165) is 22.3 Å². The average molecular weight is 414 g/mol. The summed E-state index contributed by atoms with van der Waals surface area (Å²) in [6, 6.07) is 18.9. The highest BCUT2D eigenvalue weighted by Gasteiger charge is 2.16. The van der Waals surface area contributed by atoms with Gasteiger partial charge in [-0.15, -0.1) is 0 Å². The lowest BCUT2D eigenvalue weighted by molar-refractivity contribution is -0.121. The first-order valence-corrected chi connectivity index (χ1v) is 9.93. The number of hydrogen-bond donors (Lipinski definition) is 1. The fourth-order valence-electron chi connectivity index (χ4n) is 3.21. The van der Waals surface area contributed by atoms with Gasteiger partial charge in [-0.1, -0.05) is 59.3 Å². The largest absolute Gasteiger partial charge is 0.350 e. The smallest absolute Gasteiger partial charge is 0.263 e. The summed E-state index contributed by atoms with van der Waals surface area (Å²) in [6.45, 7) is 4.26. The number of hydrogen-bond acceptors (Lipinski definition) is 5. The Morgan fingerprint density at radius 1 is 1.00 bits per heavy atom. The van der Waals surface area contributed by atoms with Crippen molar-refractivity contribution in [2.24, 2.45) is 0 Å². The van der Waals surface area contributed by atoms with Crippen molar-refractivity contribution >= 4 is 5.91 Å². The number of nitrogens with zero attached hydrogens (tertiary/aromatic N) is 3. The first-order chi connectivity index (χ1) is 15.0. The van der Waals surface area contributed by atoms with Crippen molar-refractivity contribution in [2.45, 2.75) is 26.9 Å². The molecule has 0 unspecified atom stereocenters. The van der Waals surface area contributed by atoms with E-state index in [4.69, 9.17) is 4.52 Å². The number of aromatic nitrogens is 3. The molecule has 2 heterocycles. The van der Waals surface area contributed by atoms with Crippen LogP contribution in [0.1, 0.15) is 16.7 Å². The molecule has 0 fully saturated rings. The van der Waals surface area contributed by atoms with E-state index >= 15 is 0 Å². The lowest BCUT2D eigenvalue weighted by atomic mass is 10.1. The molecule has 0 radical (unpaired) electrons. The van der Waals surface area contributed by atoms with Gasteiger partial charge in [0.1, 0.15) is 12.1 Å². The summed E-state index contributed by atoms with van der Waals surface area (Å²) in [6.07, 6.45) is 1.57. The van der Waals surface area contributed by atoms with E-state index in [1.165, 1.54) is 4.57 Å². The van der Waals surface area contributed by atoms with E-state index in [-0.39, 0.29) is 29.5 Å². The van der Waals surface area contributed by atoms with Gasteiger partial charge in [-0.05, 0) is 37.1 Å². The lowest BCUT2D eigenvalue weighted by Crippen LogP contribution is -2.32. The summed E-state index contributed by atoms with van der Waals surface area (Å²) in [4.78, 5) is 29.6. The second-order valence-corrected chi connectivity index (χ2v) is 7.36. The molecule has 1 N–H and O–H groups in total. The SMILES string of the molecule is Cc1ccc(CNC(=O)Cn2cccc(-c3nc(-c4ccccc4C)no3)c2=O)cc1. The van der Waals surface area contributed by atoms with Crippen molar-refractivity contribution in [3.05, 3.63) is 93.9 Å². The van der Waals surface area contributed by atoms with Crippen LogP contribution in [0.3, 0.4) is 0 Å². The molecular weight excluding hydrogens is 392 g/mol. The summed E-state index contributed by atoms with van der Waals surface area (Å²) in [7, 11) is 0. The second-order valence-electron chi connectivity index (χ2n) is 7.36. The summed E-state index contributed by atoms with van der Waals surface area (Å²) < 4.78 is 6.67. The highest BCUT2D eigenvalue weighted by atomic mass is 16.5. The molecule has 1 amide bonds. The van der Waals surface area contributed by atoms with Gasteiger partial charge < -0.3 is 14.4 Å². The summed E-state index contributed by atoms with van der Waals surface area (Å²) >= 11 is 0. The van der Waals surface area contributed by atoms with E-state index < -0.39 is 0 Å². The minimum Gasteiger partial charge on any atom is -0.350 e. The van der Waals surface area contributed by atoms with Gasteiger partial charge >= 0.3 is 0 Å². The fourth-order valence-corrected chi connectivity index (χ4v) is 3.21. The van der Waals surface area contributed by atoms with Crippen LogP contribution in [0, 0.1) is 13.8 Å². The van der Waals surface area contributed by atoms with E-state index in [1.54, 1.807) is 18.3 Å². The number of aryl methyl sites for hydroxylation is 2. The van der Waals surface area contributed by atoms with Crippen molar-refractivity contribution in [1.29, 1.82) is 0 Å². The molecule has 0 atom stereocenters. The molecule has 0 saturated carbocycles. The Morgan fingerprint density at radius 2 is 1.74 bits per heavy atom. The summed E-state index contributed by atoms with van der Waals surface area (Å²) in [5, 5.41) is 6.85. The van der Waals surface area contributed by atoms with Crippen LogP contribution >= 0.6 is 0 Å². The van der Waals surface area contributed by atoms with Gasteiger partial charge in [0.2, 0.25) is 11.7 Å². The van der Waals surface area contributed by atoms with Crippen LogP contribution < -0.4 is 10.9 Å². The Balaban J connectivity index is 1.50. The molecule has 0 spiro atoms. The molecule has 2 aromatic carbocycles. The Kier molecular flexibility index (Phi) is 5.75. The Hall–Kier alpha value is -4.00. The molecule has 0 bridgehead atoms. The third-order valence-electron chi connectivity index (χ3n) is 4.99. The Morgan fingerprint density at radius 3 is 2.52 bits per heavy atom. The number of nitrogens with one attached hydrogen (secondary N) is 1. The van der Waals surface area contributed by atoms with Crippen molar-refractivity contribution < 1.29 is 9.32 Å². The maximum absolute atomic E-state index is 12.9. The number of pyridine rings is 1. The predicted octanol–water partition coefficient (Wildman–Crippen LogP) is 3.50. The molecule has 7 heteroatoms. The van der Waals surface area contributed by atoms with Crippen molar-refractivity contribution in [3.63, 3.8) is 0 Å². The maximum atomic E-state index is 12.9. The average Bonchev–Trinajstić information content (AvgIpc) is 3.25. The maximum Gasteiger partial charge on any atom is 0.263 e. The zero-order chi connectivity index (χ0) is 21.8. The molecule has 7 nitrogen and oxygen atoms in total. The van der Waals surface area contributed by atoms with Gasteiger partial charge in [-0.2, -0.15) is 4.98 Å². The van der Waals surface area contributed by atoms with E-state index in [2.05, 4.69) is 15.5 Å². The van der Waals surface area contributed by atoms with Crippen LogP contribution in [0.2, 0.25) is 0 Å². The normalized spacial score (nSPS) is 10.8. The summed E-state index contributed by atoms with van der Waals surface area (Å²) in [5.74, 6) is 0.280. The highest BCUT2D eigenvalue weighted by molar-refractivity contribution is 5.75. The van der Waals surface area contributed by atoms with Crippen LogP contribution in [-0.2, 0) is 17.9 Å². The van der Waals surface area contributed by atoms with Crippen molar-refractivity contribution in [2.75, 3.05) is 0 Å².